The maximum Gasteiger partial charge on any atom is 0.481 e. The average molecular weight is 339 g/mol. The summed E-state index contributed by atoms with van der Waals surface area (Å²) in [5.74, 6) is 2.18. The molecule has 2 bridgehead atoms. The molecule has 1 saturated heterocycles. The van der Waals surface area contributed by atoms with Crippen molar-refractivity contribution in [1.29, 1.82) is 0 Å². The Labute approximate surface area is 149 Å². The lowest BCUT2D eigenvalue weighted by atomic mass is 9.43. The maximum absolute atomic E-state index is 6.53. The van der Waals surface area contributed by atoms with Gasteiger partial charge in [0.25, 0.3) is 0 Å². The molecule has 4 nitrogen and oxygen atoms in total. The van der Waals surface area contributed by atoms with Crippen LogP contribution in [-0.4, -0.2) is 24.8 Å². The highest BCUT2D eigenvalue weighted by atomic mass is 16.7. The van der Waals surface area contributed by atoms with Crippen LogP contribution in [0.5, 0.6) is 0 Å². The Kier molecular flexibility index (Phi) is 3.18. The van der Waals surface area contributed by atoms with Crippen LogP contribution < -0.4 is 5.32 Å². The van der Waals surface area contributed by atoms with E-state index in [1.807, 2.05) is 12.1 Å². The number of furan rings is 1. The smallest absolute Gasteiger partial charge is 0.448 e. The number of fused-ring (bicyclic) bond motifs is 1. The van der Waals surface area contributed by atoms with Gasteiger partial charge in [-0.05, 0) is 50.0 Å². The molecule has 1 aromatic heterocycles. The van der Waals surface area contributed by atoms with Crippen LogP contribution in [0.3, 0.4) is 0 Å². The summed E-state index contributed by atoms with van der Waals surface area (Å²) in [6, 6.07) is 8.18. The molecule has 3 saturated carbocycles. The van der Waals surface area contributed by atoms with E-state index in [4.69, 9.17) is 13.7 Å². The summed E-state index contributed by atoms with van der Waals surface area (Å²) in [4.78, 5) is 0. The molecule has 4 fully saturated rings. The first kappa shape index (κ1) is 15.8. The molecule has 5 heteroatoms. The Bertz CT molecular complexity index is 818. The molecule has 4 aliphatic rings. The topological polar surface area (TPSA) is 43.6 Å². The van der Waals surface area contributed by atoms with Gasteiger partial charge in [-0.1, -0.05) is 32.0 Å². The highest BCUT2D eigenvalue weighted by Gasteiger charge is 2.68. The first-order valence-electron chi connectivity index (χ1n) is 9.45. The fraction of sp³-hybridized carbons (Fsp3) is 0.600. The van der Waals surface area contributed by atoms with Crippen LogP contribution in [-0.2, 0) is 9.31 Å². The lowest BCUT2D eigenvalue weighted by Crippen LogP contribution is -2.65. The molecule has 1 N–H and O–H groups in total. The first-order valence-corrected chi connectivity index (χ1v) is 9.45. The summed E-state index contributed by atoms with van der Waals surface area (Å²) in [6.07, 6.45) is 4.40. The van der Waals surface area contributed by atoms with E-state index in [1.54, 1.807) is 6.26 Å². The Morgan fingerprint density at radius 1 is 1.20 bits per heavy atom. The summed E-state index contributed by atoms with van der Waals surface area (Å²) in [5.41, 5.74) is 0.210. The van der Waals surface area contributed by atoms with E-state index in [-0.39, 0.29) is 24.8 Å². The SMILES string of the molecule is C[C@@H](Nc1occ2ccccc12)B1O[C@@H]2C[C@@H]3C[C@@H](C3(C)C)[C@]2(C)O1. The van der Waals surface area contributed by atoms with Gasteiger partial charge in [0.05, 0.1) is 17.6 Å². The second-order valence-corrected chi connectivity index (χ2v) is 8.92. The molecule has 25 heavy (non-hydrogen) atoms. The van der Waals surface area contributed by atoms with Crippen molar-refractivity contribution in [3.8, 4) is 0 Å². The van der Waals surface area contributed by atoms with Gasteiger partial charge in [-0.25, -0.2) is 0 Å². The van der Waals surface area contributed by atoms with E-state index in [0.717, 1.165) is 29.0 Å². The van der Waals surface area contributed by atoms with E-state index in [0.29, 0.717) is 11.3 Å². The molecule has 3 aliphatic carbocycles. The number of anilines is 1. The molecule has 5 atom stereocenters. The van der Waals surface area contributed by atoms with Crippen LogP contribution in [0.4, 0.5) is 5.88 Å². The van der Waals surface area contributed by atoms with Crippen molar-refractivity contribution in [1.82, 2.24) is 0 Å². The normalized spacial score (nSPS) is 36.8. The Balaban J connectivity index is 1.35. The maximum atomic E-state index is 6.53. The van der Waals surface area contributed by atoms with Gasteiger partial charge in [0, 0.05) is 10.8 Å². The van der Waals surface area contributed by atoms with Gasteiger partial charge in [0.15, 0.2) is 5.88 Å². The molecule has 1 aromatic carbocycles. The second-order valence-electron chi connectivity index (χ2n) is 8.92. The Morgan fingerprint density at radius 2 is 2.00 bits per heavy atom. The Hall–Kier alpha value is -1.46. The van der Waals surface area contributed by atoms with Crippen molar-refractivity contribution < 1.29 is 13.7 Å². The molecule has 132 valence electrons. The van der Waals surface area contributed by atoms with Gasteiger partial charge in [-0.2, -0.15) is 0 Å². The van der Waals surface area contributed by atoms with Crippen LogP contribution in [0, 0.1) is 17.3 Å². The van der Waals surface area contributed by atoms with Gasteiger partial charge in [-0.3, -0.25) is 0 Å². The molecule has 0 amide bonds. The number of rotatable bonds is 3. The number of benzene rings is 1. The highest BCUT2D eigenvalue weighted by molar-refractivity contribution is 6.48. The van der Waals surface area contributed by atoms with Gasteiger partial charge < -0.3 is 19.0 Å². The van der Waals surface area contributed by atoms with Crippen LogP contribution in [0.15, 0.2) is 34.9 Å². The third-order valence-electron chi connectivity index (χ3n) is 7.24. The largest absolute Gasteiger partial charge is 0.481 e. The molecule has 0 radical (unpaired) electrons. The second kappa shape index (κ2) is 5.04. The summed E-state index contributed by atoms with van der Waals surface area (Å²) < 4.78 is 18.6. The van der Waals surface area contributed by atoms with Crippen LogP contribution >= 0.6 is 0 Å². The van der Waals surface area contributed by atoms with Crippen molar-refractivity contribution in [2.45, 2.75) is 58.2 Å². The third kappa shape index (κ3) is 2.09. The highest BCUT2D eigenvalue weighted by Crippen LogP contribution is 2.65. The van der Waals surface area contributed by atoms with Crippen LogP contribution in [0.1, 0.15) is 40.5 Å². The minimum atomic E-state index is -0.242. The lowest BCUT2D eigenvalue weighted by Gasteiger charge is -2.64. The third-order valence-corrected chi connectivity index (χ3v) is 7.24. The zero-order valence-electron chi connectivity index (χ0n) is 15.4. The minimum absolute atomic E-state index is 0.0253. The van der Waals surface area contributed by atoms with E-state index >= 15 is 0 Å². The van der Waals surface area contributed by atoms with Gasteiger partial charge in [0.1, 0.15) is 6.26 Å². The van der Waals surface area contributed by atoms with Gasteiger partial charge >= 0.3 is 7.12 Å². The van der Waals surface area contributed by atoms with Crippen molar-refractivity contribution >= 4 is 23.8 Å². The van der Waals surface area contributed by atoms with Gasteiger partial charge in [0.2, 0.25) is 0 Å². The fourth-order valence-corrected chi connectivity index (χ4v) is 5.49. The number of nitrogens with one attached hydrogen (secondary N) is 1. The Morgan fingerprint density at radius 3 is 2.80 bits per heavy atom. The fourth-order valence-electron chi connectivity index (χ4n) is 5.49. The number of hydrogen-bond acceptors (Lipinski definition) is 4. The van der Waals surface area contributed by atoms with E-state index in [2.05, 4.69) is 45.1 Å². The summed E-state index contributed by atoms with van der Waals surface area (Å²) in [6.45, 7) is 9.15. The van der Waals surface area contributed by atoms with E-state index in [1.165, 1.54) is 6.42 Å². The molecule has 0 spiro atoms. The standard InChI is InChI=1S/C20H26BNO3/c1-12(22-18-15-8-6-5-7-13(15)11-23-18)21-24-17-10-14-9-16(19(14,2)3)20(17,4)25-21/h5-8,11-12,14,16-17,22H,9-10H2,1-4H3/t12-,14+,16+,17-,20+/m1/s1. The molecule has 0 unspecified atom stereocenters. The van der Waals surface area contributed by atoms with Crippen LogP contribution in [0.2, 0.25) is 0 Å². The van der Waals surface area contributed by atoms with Gasteiger partial charge in [-0.15, -0.1) is 0 Å². The van der Waals surface area contributed by atoms with Crippen LogP contribution in [0.25, 0.3) is 10.8 Å². The first-order chi connectivity index (χ1) is 11.9. The summed E-state index contributed by atoms with van der Waals surface area (Å²) >= 11 is 0. The summed E-state index contributed by atoms with van der Waals surface area (Å²) in [5, 5.41) is 5.67. The van der Waals surface area contributed by atoms with E-state index < -0.39 is 0 Å². The zero-order valence-corrected chi connectivity index (χ0v) is 15.4. The molecular formula is C20H26BNO3. The molecule has 2 aromatic rings. The van der Waals surface area contributed by atoms with Crippen molar-refractivity contribution in [3.05, 3.63) is 30.5 Å². The number of hydrogen-bond donors (Lipinski definition) is 1. The predicted molar refractivity (Wildman–Crippen MR) is 99.4 cm³/mol. The monoisotopic (exact) mass is 339 g/mol. The average Bonchev–Trinajstić information content (AvgIpc) is 3.15. The molecule has 2 heterocycles. The molecule has 6 rings (SSSR count). The lowest BCUT2D eigenvalue weighted by molar-refractivity contribution is -0.199. The summed E-state index contributed by atoms with van der Waals surface area (Å²) in [7, 11) is -0.242. The quantitative estimate of drug-likeness (QED) is 0.836. The zero-order chi connectivity index (χ0) is 17.4. The van der Waals surface area contributed by atoms with Crippen molar-refractivity contribution in [2.24, 2.45) is 17.3 Å². The predicted octanol–water partition coefficient (Wildman–Crippen LogP) is 4.50. The van der Waals surface area contributed by atoms with Crippen molar-refractivity contribution in [2.75, 3.05) is 5.32 Å². The minimum Gasteiger partial charge on any atom is -0.448 e. The van der Waals surface area contributed by atoms with E-state index in [9.17, 15) is 0 Å². The molecule has 1 aliphatic heterocycles. The molecular weight excluding hydrogens is 313 g/mol. The van der Waals surface area contributed by atoms with Crippen molar-refractivity contribution in [3.63, 3.8) is 0 Å².